The second-order valence-electron chi connectivity index (χ2n) is 6.14. The van der Waals surface area contributed by atoms with Gasteiger partial charge in [0, 0.05) is 6.61 Å². The van der Waals surface area contributed by atoms with Gasteiger partial charge in [0.2, 0.25) is 5.91 Å². The lowest BCUT2D eigenvalue weighted by Gasteiger charge is -2.33. The maximum atomic E-state index is 12.7. The minimum Gasteiger partial charge on any atom is -0.376 e. The molecule has 0 aromatic carbocycles. The van der Waals surface area contributed by atoms with Gasteiger partial charge in [0.25, 0.3) is 0 Å². The zero-order valence-electron chi connectivity index (χ0n) is 12.7. The summed E-state index contributed by atoms with van der Waals surface area (Å²) >= 11 is 0. The monoisotopic (exact) mass is 268 g/mol. The minimum absolute atomic E-state index is 0.168. The van der Waals surface area contributed by atoms with E-state index >= 15 is 0 Å². The predicted octanol–water partition coefficient (Wildman–Crippen LogP) is 2.28. The maximum absolute atomic E-state index is 12.7. The van der Waals surface area contributed by atoms with Gasteiger partial charge in [0.05, 0.1) is 23.9 Å². The second-order valence-corrected chi connectivity index (χ2v) is 6.14. The quantitative estimate of drug-likeness (QED) is 0.831. The van der Waals surface area contributed by atoms with Crippen molar-refractivity contribution in [1.29, 1.82) is 0 Å². The summed E-state index contributed by atoms with van der Waals surface area (Å²) < 4.78 is 5.78. The molecule has 0 radical (unpaired) electrons. The first kappa shape index (κ1) is 14.8. The number of ether oxygens (including phenoxy) is 1. The van der Waals surface area contributed by atoms with Crippen molar-refractivity contribution in [2.75, 3.05) is 6.61 Å². The molecule has 0 spiro atoms. The van der Waals surface area contributed by atoms with E-state index < -0.39 is 5.54 Å². The van der Waals surface area contributed by atoms with Gasteiger partial charge >= 0.3 is 0 Å². The standard InChI is InChI=1S/C15H28N2O2/c1-5-8-13-16-15(4,6-2)14(18)17(13)11(3)12-9-7-10-19-12/h11-13,16H,5-10H2,1-4H3. The molecule has 2 aliphatic heterocycles. The number of amides is 1. The van der Waals surface area contributed by atoms with Crippen molar-refractivity contribution in [3.05, 3.63) is 0 Å². The molecule has 19 heavy (non-hydrogen) atoms. The Morgan fingerprint density at radius 3 is 2.79 bits per heavy atom. The molecule has 0 aliphatic carbocycles. The minimum atomic E-state index is -0.396. The third-order valence-electron chi connectivity index (χ3n) is 4.74. The summed E-state index contributed by atoms with van der Waals surface area (Å²) in [5, 5.41) is 3.54. The van der Waals surface area contributed by atoms with Gasteiger partial charge in [-0.25, -0.2) is 0 Å². The normalized spacial score (nSPS) is 37.1. The number of carbonyl (C=O) groups excluding carboxylic acids is 1. The summed E-state index contributed by atoms with van der Waals surface area (Å²) in [6, 6.07) is 0.174. The Morgan fingerprint density at radius 1 is 1.53 bits per heavy atom. The lowest BCUT2D eigenvalue weighted by atomic mass is 9.98. The van der Waals surface area contributed by atoms with Crippen LogP contribution in [0.5, 0.6) is 0 Å². The van der Waals surface area contributed by atoms with Crippen LogP contribution >= 0.6 is 0 Å². The van der Waals surface area contributed by atoms with Crippen LogP contribution in [0, 0.1) is 0 Å². The first-order valence-corrected chi connectivity index (χ1v) is 7.75. The molecule has 0 bridgehead atoms. The van der Waals surface area contributed by atoms with Crippen molar-refractivity contribution in [1.82, 2.24) is 10.2 Å². The van der Waals surface area contributed by atoms with Crippen molar-refractivity contribution in [3.63, 3.8) is 0 Å². The zero-order chi connectivity index (χ0) is 14.0. The van der Waals surface area contributed by atoms with E-state index in [2.05, 4.69) is 31.0 Å². The van der Waals surface area contributed by atoms with E-state index in [0.717, 1.165) is 38.7 Å². The third-order valence-corrected chi connectivity index (χ3v) is 4.74. The number of hydrogen-bond donors (Lipinski definition) is 1. The molecule has 2 rings (SSSR count). The highest BCUT2D eigenvalue weighted by Crippen LogP contribution is 2.31. The van der Waals surface area contributed by atoms with Gasteiger partial charge in [-0.3, -0.25) is 10.1 Å². The summed E-state index contributed by atoms with van der Waals surface area (Å²) in [7, 11) is 0. The van der Waals surface area contributed by atoms with Crippen molar-refractivity contribution >= 4 is 5.91 Å². The van der Waals surface area contributed by atoms with Gasteiger partial charge in [0.15, 0.2) is 0 Å². The molecule has 2 heterocycles. The Balaban J connectivity index is 2.16. The third kappa shape index (κ3) is 2.65. The number of hydrogen-bond acceptors (Lipinski definition) is 3. The summed E-state index contributed by atoms with van der Waals surface area (Å²) in [6.07, 6.45) is 5.50. The molecule has 4 unspecified atom stereocenters. The zero-order valence-corrected chi connectivity index (χ0v) is 12.7. The number of nitrogens with one attached hydrogen (secondary N) is 1. The van der Waals surface area contributed by atoms with Crippen LogP contribution in [0.3, 0.4) is 0 Å². The molecule has 4 nitrogen and oxygen atoms in total. The maximum Gasteiger partial charge on any atom is 0.244 e. The summed E-state index contributed by atoms with van der Waals surface area (Å²) in [4.78, 5) is 14.8. The fourth-order valence-electron chi connectivity index (χ4n) is 3.29. The van der Waals surface area contributed by atoms with Crippen LogP contribution in [0.4, 0.5) is 0 Å². The van der Waals surface area contributed by atoms with Crippen molar-refractivity contribution in [2.24, 2.45) is 0 Å². The molecule has 0 saturated carbocycles. The van der Waals surface area contributed by atoms with Crippen molar-refractivity contribution in [3.8, 4) is 0 Å². The summed E-state index contributed by atoms with van der Waals surface area (Å²) in [5.41, 5.74) is -0.396. The van der Waals surface area contributed by atoms with Gasteiger partial charge in [0.1, 0.15) is 0 Å². The predicted molar refractivity (Wildman–Crippen MR) is 75.8 cm³/mol. The highest BCUT2D eigenvalue weighted by Gasteiger charge is 2.49. The number of rotatable bonds is 5. The van der Waals surface area contributed by atoms with Crippen LogP contribution in [0.25, 0.3) is 0 Å². The van der Waals surface area contributed by atoms with Gasteiger partial charge < -0.3 is 9.64 Å². The van der Waals surface area contributed by atoms with Crippen LogP contribution in [0.1, 0.15) is 59.8 Å². The Morgan fingerprint density at radius 2 is 2.26 bits per heavy atom. The van der Waals surface area contributed by atoms with Gasteiger partial charge in [-0.05, 0) is 39.5 Å². The van der Waals surface area contributed by atoms with Crippen LogP contribution in [-0.2, 0) is 9.53 Å². The van der Waals surface area contributed by atoms with Gasteiger partial charge in [-0.15, -0.1) is 0 Å². The molecule has 0 aromatic heterocycles. The van der Waals surface area contributed by atoms with E-state index in [9.17, 15) is 4.79 Å². The SMILES string of the molecule is CCCC1NC(C)(CC)C(=O)N1C(C)C1CCCO1. The molecule has 1 N–H and O–H groups in total. The Labute approximate surface area is 116 Å². The fourth-order valence-corrected chi connectivity index (χ4v) is 3.29. The number of nitrogens with zero attached hydrogens (tertiary/aromatic N) is 1. The Bertz CT molecular complexity index is 326. The lowest BCUT2D eigenvalue weighted by molar-refractivity contribution is -0.137. The molecule has 2 saturated heterocycles. The van der Waals surface area contributed by atoms with E-state index in [4.69, 9.17) is 4.74 Å². The van der Waals surface area contributed by atoms with Crippen LogP contribution in [0.2, 0.25) is 0 Å². The molecule has 4 heteroatoms. The molecular weight excluding hydrogens is 240 g/mol. The summed E-state index contributed by atoms with van der Waals surface area (Å²) in [5.74, 6) is 0.247. The van der Waals surface area contributed by atoms with E-state index in [0.29, 0.717) is 0 Å². The van der Waals surface area contributed by atoms with E-state index in [1.54, 1.807) is 0 Å². The van der Waals surface area contributed by atoms with Crippen molar-refractivity contribution in [2.45, 2.75) is 83.6 Å². The smallest absolute Gasteiger partial charge is 0.244 e. The average Bonchev–Trinajstić information content (AvgIpc) is 2.99. The molecule has 4 atom stereocenters. The number of carbonyl (C=O) groups is 1. The molecule has 110 valence electrons. The molecule has 0 aromatic rings. The van der Waals surface area contributed by atoms with Crippen LogP contribution in [0.15, 0.2) is 0 Å². The average molecular weight is 268 g/mol. The topological polar surface area (TPSA) is 41.6 Å². The van der Waals surface area contributed by atoms with Gasteiger partial charge in [-0.2, -0.15) is 0 Å². The molecule has 2 aliphatic rings. The fraction of sp³-hybridized carbons (Fsp3) is 0.933. The largest absolute Gasteiger partial charge is 0.376 e. The second kappa shape index (κ2) is 5.80. The van der Waals surface area contributed by atoms with Crippen LogP contribution < -0.4 is 5.32 Å². The molecule has 1 amide bonds. The first-order valence-electron chi connectivity index (χ1n) is 7.75. The van der Waals surface area contributed by atoms with Gasteiger partial charge in [-0.1, -0.05) is 20.3 Å². The Hall–Kier alpha value is -0.610. The lowest BCUT2D eigenvalue weighted by Crippen LogP contribution is -2.48. The van der Waals surface area contributed by atoms with Crippen LogP contribution in [-0.4, -0.2) is 41.3 Å². The highest BCUT2D eigenvalue weighted by atomic mass is 16.5. The summed E-state index contributed by atoms with van der Waals surface area (Å²) in [6.45, 7) is 9.25. The van der Waals surface area contributed by atoms with E-state index in [-0.39, 0.29) is 24.2 Å². The first-order chi connectivity index (χ1) is 9.03. The molecule has 2 fully saturated rings. The van der Waals surface area contributed by atoms with Crippen molar-refractivity contribution < 1.29 is 9.53 Å². The molecular formula is C15H28N2O2. The highest BCUT2D eigenvalue weighted by molar-refractivity contribution is 5.88. The van der Waals surface area contributed by atoms with E-state index in [1.807, 2.05) is 6.92 Å². The Kier molecular flexibility index (Phi) is 4.51. The van der Waals surface area contributed by atoms with E-state index in [1.165, 1.54) is 0 Å².